The molecule has 0 saturated heterocycles. The number of hydrogen-bond acceptors (Lipinski definition) is 3. The zero-order valence-electron chi connectivity index (χ0n) is 21.6. The van der Waals surface area contributed by atoms with Crippen LogP contribution in [0, 0.1) is 0 Å². The van der Waals surface area contributed by atoms with Gasteiger partial charge in [-0.3, -0.25) is 0 Å². The first-order chi connectivity index (χ1) is 18.5. The van der Waals surface area contributed by atoms with E-state index in [1.807, 2.05) is 42.6 Å². The Kier molecular flexibility index (Phi) is 5.27. The van der Waals surface area contributed by atoms with Crippen molar-refractivity contribution in [3.05, 3.63) is 109 Å². The summed E-state index contributed by atoms with van der Waals surface area (Å²) >= 11 is -2.00. The van der Waals surface area contributed by atoms with Gasteiger partial charge in [0.05, 0.1) is 0 Å². The molecule has 0 N–H and O–H groups in total. The molecule has 3 aromatic heterocycles. The van der Waals surface area contributed by atoms with Crippen molar-refractivity contribution in [1.29, 1.82) is 0 Å². The minimum atomic E-state index is -2.00. The van der Waals surface area contributed by atoms with Gasteiger partial charge in [-0.15, -0.1) is 0 Å². The van der Waals surface area contributed by atoms with Crippen LogP contribution in [0.2, 0.25) is 17.3 Å². The number of fused-ring (bicyclic) bond motifs is 4. The van der Waals surface area contributed by atoms with Crippen LogP contribution in [0.1, 0.15) is 0 Å². The Morgan fingerprint density at radius 3 is 2.24 bits per heavy atom. The summed E-state index contributed by atoms with van der Waals surface area (Å²) in [7, 11) is 0. The molecule has 7 aromatic rings. The van der Waals surface area contributed by atoms with Gasteiger partial charge in [0.25, 0.3) is 0 Å². The van der Waals surface area contributed by atoms with E-state index < -0.39 is 13.3 Å². The van der Waals surface area contributed by atoms with Crippen molar-refractivity contribution in [1.82, 2.24) is 14.5 Å². The summed E-state index contributed by atoms with van der Waals surface area (Å²) in [4.78, 5) is 10.1. The van der Waals surface area contributed by atoms with E-state index in [-0.39, 0.29) is 0 Å². The molecule has 38 heavy (non-hydrogen) atoms. The van der Waals surface area contributed by atoms with Crippen molar-refractivity contribution in [3.8, 4) is 28.2 Å². The van der Waals surface area contributed by atoms with Gasteiger partial charge in [0.1, 0.15) is 0 Å². The molecule has 0 spiro atoms. The van der Waals surface area contributed by atoms with Gasteiger partial charge in [0.15, 0.2) is 0 Å². The van der Waals surface area contributed by atoms with Crippen LogP contribution in [0.5, 0.6) is 0 Å². The van der Waals surface area contributed by atoms with Crippen molar-refractivity contribution in [2.24, 2.45) is 0 Å². The van der Waals surface area contributed by atoms with Gasteiger partial charge in [-0.2, -0.15) is 0 Å². The third kappa shape index (κ3) is 3.75. The molecule has 4 aromatic carbocycles. The van der Waals surface area contributed by atoms with E-state index in [0.29, 0.717) is 0 Å². The summed E-state index contributed by atoms with van der Waals surface area (Å²) in [6.07, 6.45) is 1.93. The standard InChI is InChI=1S/C33H27GeN3O/c1-34(2,3)24-17-18-26-27-15-10-16-28(31(27)38-30(26)20-24)32-36-29-19-23(22-11-6-4-7-12-22)21-35-33(29)37(32)25-13-8-5-9-14-25/h4-21H,1-3H3. The summed E-state index contributed by atoms with van der Waals surface area (Å²) in [5.74, 6) is 8.05. The van der Waals surface area contributed by atoms with E-state index in [0.717, 1.165) is 61.3 Å². The average Bonchev–Trinajstić information content (AvgIpc) is 3.51. The predicted molar refractivity (Wildman–Crippen MR) is 160 cm³/mol. The van der Waals surface area contributed by atoms with Crippen LogP contribution in [0.4, 0.5) is 0 Å². The van der Waals surface area contributed by atoms with Gasteiger partial charge in [0, 0.05) is 0 Å². The molecule has 3 heterocycles. The molecular weight excluding hydrogens is 527 g/mol. The van der Waals surface area contributed by atoms with Gasteiger partial charge >= 0.3 is 194 Å². The van der Waals surface area contributed by atoms with E-state index >= 15 is 0 Å². The maximum absolute atomic E-state index is 6.61. The van der Waals surface area contributed by atoms with Crippen LogP contribution in [-0.2, 0) is 0 Å². The molecule has 7 rings (SSSR count). The first-order valence-corrected chi connectivity index (χ1v) is 20.3. The Morgan fingerprint density at radius 2 is 1.47 bits per heavy atom. The van der Waals surface area contributed by atoms with Crippen molar-refractivity contribution < 1.29 is 4.42 Å². The van der Waals surface area contributed by atoms with Crippen molar-refractivity contribution in [3.63, 3.8) is 0 Å². The second-order valence-electron chi connectivity index (χ2n) is 10.8. The van der Waals surface area contributed by atoms with E-state index in [4.69, 9.17) is 14.4 Å². The Hall–Kier alpha value is -4.16. The second kappa shape index (κ2) is 8.71. The third-order valence-corrected chi connectivity index (χ3v) is 11.5. The van der Waals surface area contributed by atoms with Gasteiger partial charge in [-0.1, -0.05) is 30.3 Å². The topological polar surface area (TPSA) is 43.9 Å². The monoisotopic (exact) mass is 555 g/mol. The third-order valence-electron chi connectivity index (χ3n) is 7.22. The number of rotatable bonds is 4. The summed E-state index contributed by atoms with van der Waals surface area (Å²) in [5.41, 5.74) is 7.61. The molecule has 4 nitrogen and oxygen atoms in total. The molecule has 184 valence electrons. The Morgan fingerprint density at radius 1 is 0.711 bits per heavy atom. The van der Waals surface area contributed by atoms with Crippen LogP contribution >= 0.6 is 0 Å². The van der Waals surface area contributed by atoms with E-state index in [9.17, 15) is 0 Å². The fourth-order valence-electron chi connectivity index (χ4n) is 5.20. The normalized spacial score (nSPS) is 12.1. The predicted octanol–water partition coefficient (Wildman–Crippen LogP) is 8.20. The number of aromatic nitrogens is 3. The number of benzene rings is 4. The summed E-state index contributed by atoms with van der Waals surface area (Å²) in [6.45, 7) is 0. The molecular formula is C33H27GeN3O. The molecule has 0 unspecified atom stereocenters. The van der Waals surface area contributed by atoms with Crippen LogP contribution in [0.3, 0.4) is 0 Å². The molecule has 0 atom stereocenters. The molecule has 0 amide bonds. The van der Waals surface area contributed by atoms with Gasteiger partial charge < -0.3 is 0 Å². The summed E-state index contributed by atoms with van der Waals surface area (Å²) in [6, 6.07) is 35.9. The molecule has 5 heteroatoms. The molecule has 0 aliphatic carbocycles. The SMILES string of the molecule is [CH3][Ge]([CH3])([CH3])[c]1ccc2c(c1)oc1c(-c3nc4cc(-c5ccccc5)cnc4n3-c3ccccc3)cccc12. The minimum absolute atomic E-state index is 0.821. The van der Waals surface area contributed by atoms with Gasteiger partial charge in [-0.05, 0) is 0 Å². The maximum atomic E-state index is 6.61. The number of hydrogen-bond donors (Lipinski definition) is 0. The van der Waals surface area contributed by atoms with E-state index in [1.54, 1.807) is 0 Å². The fraction of sp³-hybridized carbons (Fsp3) is 0.0909. The van der Waals surface area contributed by atoms with Crippen molar-refractivity contribution in [2.75, 3.05) is 0 Å². The first kappa shape index (κ1) is 23.0. The molecule has 0 saturated carbocycles. The summed E-state index contributed by atoms with van der Waals surface area (Å²) < 4.78 is 10.2. The van der Waals surface area contributed by atoms with E-state index in [2.05, 4.69) is 88.6 Å². The first-order valence-electron chi connectivity index (χ1n) is 12.9. The number of imidazole rings is 1. The van der Waals surface area contributed by atoms with Crippen LogP contribution in [0.15, 0.2) is 114 Å². The van der Waals surface area contributed by atoms with Crippen molar-refractivity contribution >= 4 is 50.8 Å². The average molecular weight is 554 g/mol. The second-order valence-corrected chi connectivity index (χ2v) is 21.4. The molecule has 0 radical (unpaired) electrons. The molecule has 0 bridgehead atoms. The number of furan rings is 1. The molecule has 0 aliphatic rings. The van der Waals surface area contributed by atoms with E-state index in [1.165, 1.54) is 4.40 Å². The number of nitrogens with zero attached hydrogens (tertiary/aromatic N) is 3. The van der Waals surface area contributed by atoms with Gasteiger partial charge in [-0.25, -0.2) is 0 Å². The Balaban J connectivity index is 1.50. The molecule has 0 fully saturated rings. The van der Waals surface area contributed by atoms with Crippen molar-refractivity contribution in [2.45, 2.75) is 17.3 Å². The Bertz CT molecular complexity index is 1950. The number of pyridine rings is 1. The zero-order chi connectivity index (χ0) is 25.9. The van der Waals surface area contributed by atoms with Gasteiger partial charge in [0.2, 0.25) is 0 Å². The Labute approximate surface area is 223 Å². The number of para-hydroxylation sites is 2. The fourth-order valence-corrected chi connectivity index (χ4v) is 7.60. The molecule has 0 aliphatic heterocycles. The van der Waals surface area contributed by atoms with Crippen LogP contribution in [-0.4, -0.2) is 27.8 Å². The summed E-state index contributed by atoms with van der Waals surface area (Å²) in [5, 5.41) is 2.25. The van der Waals surface area contributed by atoms with Crippen LogP contribution in [0.25, 0.3) is 61.3 Å². The van der Waals surface area contributed by atoms with Crippen LogP contribution < -0.4 is 4.40 Å². The zero-order valence-corrected chi connectivity index (χ0v) is 23.7. The quantitative estimate of drug-likeness (QED) is 0.206.